The van der Waals surface area contributed by atoms with Crippen LogP contribution < -0.4 is 5.32 Å². The van der Waals surface area contributed by atoms with Crippen LogP contribution >= 0.6 is 35.4 Å². The molecule has 0 saturated heterocycles. The number of hydrogen-bond acceptors (Lipinski definition) is 1. The molecule has 0 aliphatic carbocycles. The number of thiocarbonyl (C=S) groups is 1. The lowest BCUT2D eigenvalue weighted by molar-refractivity contribution is 0.293. The van der Waals surface area contributed by atoms with Crippen LogP contribution in [0.2, 0.25) is 10.0 Å². The summed E-state index contributed by atoms with van der Waals surface area (Å²) in [5.74, 6) is 0. The highest BCUT2D eigenvalue weighted by molar-refractivity contribution is 7.80. The van der Waals surface area contributed by atoms with Crippen molar-refractivity contribution in [2.75, 3.05) is 11.9 Å². The molecule has 1 aliphatic heterocycles. The van der Waals surface area contributed by atoms with E-state index in [1.807, 2.05) is 24.3 Å². The van der Waals surface area contributed by atoms with E-state index in [2.05, 4.69) is 52.2 Å². The third-order valence-electron chi connectivity index (χ3n) is 4.83. The first-order valence-electron chi connectivity index (χ1n) is 8.77. The van der Waals surface area contributed by atoms with Crippen LogP contribution in [-0.4, -0.2) is 21.1 Å². The van der Waals surface area contributed by atoms with Crippen LogP contribution in [0.5, 0.6) is 0 Å². The molecular formula is C21H19Cl2N3S. The Labute approximate surface area is 174 Å². The Morgan fingerprint density at radius 3 is 2.70 bits per heavy atom. The van der Waals surface area contributed by atoms with Crippen molar-refractivity contribution in [3.63, 3.8) is 0 Å². The van der Waals surface area contributed by atoms with E-state index in [0.717, 1.165) is 24.3 Å². The summed E-state index contributed by atoms with van der Waals surface area (Å²) >= 11 is 18.5. The number of halogens is 2. The molecule has 0 unspecified atom stereocenters. The van der Waals surface area contributed by atoms with Gasteiger partial charge in [-0.3, -0.25) is 0 Å². The van der Waals surface area contributed by atoms with Gasteiger partial charge in [-0.2, -0.15) is 0 Å². The lowest BCUT2D eigenvalue weighted by Crippen LogP contribution is -2.44. The van der Waals surface area contributed by atoms with Crippen LogP contribution in [0, 0.1) is 6.92 Å². The minimum atomic E-state index is -0.0664. The zero-order valence-electron chi connectivity index (χ0n) is 14.8. The smallest absolute Gasteiger partial charge is 0.174 e. The van der Waals surface area contributed by atoms with E-state index in [1.165, 1.54) is 11.3 Å². The monoisotopic (exact) mass is 415 g/mol. The van der Waals surface area contributed by atoms with E-state index in [9.17, 15) is 0 Å². The predicted molar refractivity (Wildman–Crippen MR) is 117 cm³/mol. The number of benzene rings is 2. The van der Waals surface area contributed by atoms with Crippen LogP contribution in [0.3, 0.4) is 0 Å². The quantitative estimate of drug-likeness (QED) is 0.525. The van der Waals surface area contributed by atoms with E-state index >= 15 is 0 Å². The average Bonchev–Trinajstić information content (AvgIpc) is 3.10. The van der Waals surface area contributed by atoms with Crippen LogP contribution in [-0.2, 0) is 6.54 Å². The number of anilines is 1. The van der Waals surface area contributed by atoms with Crippen molar-refractivity contribution in [3.8, 4) is 0 Å². The summed E-state index contributed by atoms with van der Waals surface area (Å²) in [5, 5.41) is 5.34. The first-order valence-corrected chi connectivity index (χ1v) is 9.93. The molecule has 3 nitrogen and oxygen atoms in total. The van der Waals surface area contributed by atoms with Crippen LogP contribution in [0.4, 0.5) is 5.69 Å². The molecule has 4 rings (SSSR count). The Morgan fingerprint density at radius 2 is 1.93 bits per heavy atom. The van der Waals surface area contributed by atoms with Crippen molar-refractivity contribution in [3.05, 3.63) is 87.7 Å². The topological polar surface area (TPSA) is 20.2 Å². The summed E-state index contributed by atoms with van der Waals surface area (Å²) in [4.78, 5) is 2.20. The second kappa shape index (κ2) is 7.55. The SMILES string of the molecule is Cc1cccc(NC(=S)N2CCn3cccc3[C@@H]2c2ccc(Cl)cc2Cl)c1. The highest BCUT2D eigenvalue weighted by atomic mass is 35.5. The number of nitrogens with zero attached hydrogens (tertiary/aromatic N) is 2. The highest BCUT2D eigenvalue weighted by Crippen LogP contribution is 2.37. The molecule has 3 aromatic rings. The van der Waals surface area contributed by atoms with E-state index in [0.29, 0.717) is 15.2 Å². The lowest BCUT2D eigenvalue weighted by Gasteiger charge is -2.39. The Bertz CT molecular complexity index is 999. The number of nitrogens with one attached hydrogen (secondary N) is 1. The zero-order valence-corrected chi connectivity index (χ0v) is 17.2. The molecule has 0 fully saturated rings. The predicted octanol–water partition coefficient (Wildman–Crippen LogP) is 5.91. The van der Waals surface area contributed by atoms with Gasteiger partial charge in [0.2, 0.25) is 0 Å². The summed E-state index contributed by atoms with van der Waals surface area (Å²) in [6, 6.07) is 18.0. The molecule has 0 spiro atoms. The second-order valence-corrected chi connectivity index (χ2v) is 7.92. The molecule has 0 radical (unpaired) electrons. The van der Waals surface area contributed by atoms with Gasteiger partial charge in [0, 0.05) is 40.7 Å². The summed E-state index contributed by atoms with van der Waals surface area (Å²) in [7, 11) is 0. The van der Waals surface area contributed by atoms with Crippen molar-refractivity contribution in [1.82, 2.24) is 9.47 Å². The fourth-order valence-electron chi connectivity index (χ4n) is 3.57. The normalized spacial score (nSPS) is 16.1. The third-order valence-corrected chi connectivity index (χ3v) is 5.72. The molecule has 0 saturated carbocycles. The maximum Gasteiger partial charge on any atom is 0.174 e. The van der Waals surface area contributed by atoms with E-state index in [-0.39, 0.29) is 6.04 Å². The zero-order chi connectivity index (χ0) is 19.0. The maximum absolute atomic E-state index is 6.56. The molecule has 27 heavy (non-hydrogen) atoms. The molecule has 0 amide bonds. The van der Waals surface area contributed by atoms with Crippen molar-refractivity contribution in [1.29, 1.82) is 0 Å². The minimum absolute atomic E-state index is 0.0664. The van der Waals surface area contributed by atoms with E-state index in [4.69, 9.17) is 35.4 Å². The van der Waals surface area contributed by atoms with Crippen molar-refractivity contribution < 1.29 is 0 Å². The fraction of sp³-hybridized carbons (Fsp3) is 0.190. The lowest BCUT2D eigenvalue weighted by atomic mass is 10.00. The van der Waals surface area contributed by atoms with Crippen LogP contribution in [0.25, 0.3) is 0 Å². The molecule has 1 aromatic heterocycles. The summed E-state index contributed by atoms with van der Waals surface area (Å²) in [6.45, 7) is 3.74. The molecule has 2 heterocycles. The second-order valence-electron chi connectivity index (χ2n) is 6.69. The largest absolute Gasteiger partial charge is 0.348 e. The molecule has 2 aromatic carbocycles. The van der Waals surface area contributed by atoms with Crippen molar-refractivity contribution >= 4 is 46.2 Å². The number of hydrogen-bond donors (Lipinski definition) is 1. The number of aromatic nitrogens is 1. The van der Waals surface area contributed by atoms with Gasteiger partial charge in [0.25, 0.3) is 0 Å². The van der Waals surface area contributed by atoms with Gasteiger partial charge in [-0.15, -0.1) is 0 Å². The molecule has 1 aliphatic rings. The van der Waals surface area contributed by atoms with Crippen LogP contribution in [0.15, 0.2) is 60.8 Å². The van der Waals surface area contributed by atoms with Gasteiger partial charge >= 0.3 is 0 Å². The van der Waals surface area contributed by atoms with Crippen molar-refractivity contribution in [2.24, 2.45) is 0 Å². The van der Waals surface area contributed by atoms with E-state index < -0.39 is 0 Å². The third kappa shape index (κ3) is 3.70. The highest BCUT2D eigenvalue weighted by Gasteiger charge is 2.32. The first-order chi connectivity index (χ1) is 13.0. The Hall–Kier alpha value is -2.01. The molecule has 0 bridgehead atoms. The molecular weight excluding hydrogens is 397 g/mol. The van der Waals surface area contributed by atoms with Gasteiger partial charge in [-0.25, -0.2) is 0 Å². The van der Waals surface area contributed by atoms with Gasteiger partial charge in [-0.1, -0.05) is 41.4 Å². The van der Waals surface area contributed by atoms with Gasteiger partial charge in [0.05, 0.1) is 6.04 Å². The molecule has 1 atom stereocenters. The Balaban J connectivity index is 1.71. The Morgan fingerprint density at radius 1 is 1.07 bits per heavy atom. The fourth-order valence-corrected chi connectivity index (χ4v) is 4.40. The number of aryl methyl sites for hydroxylation is 1. The minimum Gasteiger partial charge on any atom is -0.348 e. The first kappa shape index (κ1) is 18.4. The van der Waals surface area contributed by atoms with Gasteiger partial charge in [-0.05, 0) is 66.7 Å². The van der Waals surface area contributed by atoms with E-state index in [1.54, 1.807) is 6.07 Å². The van der Waals surface area contributed by atoms with Gasteiger partial charge < -0.3 is 14.8 Å². The number of rotatable bonds is 2. The summed E-state index contributed by atoms with van der Waals surface area (Å²) < 4.78 is 2.25. The van der Waals surface area contributed by atoms with Crippen LogP contribution in [0.1, 0.15) is 22.9 Å². The number of fused-ring (bicyclic) bond motifs is 1. The average molecular weight is 416 g/mol. The van der Waals surface area contributed by atoms with Gasteiger partial charge in [0.1, 0.15) is 0 Å². The summed E-state index contributed by atoms with van der Waals surface area (Å²) in [6.07, 6.45) is 2.10. The summed E-state index contributed by atoms with van der Waals surface area (Å²) in [5.41, 5.74) is 4.34. The standard InChI is InChI=1S/C21H19Cl2N3S/c1-14-4-2-5-16(12-14)24-21(27)26-11-10-25-9-3-6-19(25)20(26)17-8-7-15(22)13-18(17)23/h2-9,12-13,20H,10-11H2,1H3,(H,24,27)/t20-/m0/s1. The maximum atomic E-state index is 6.56. The Kier molecular flexibility index (Phi) is 5.13. The molecule has 138 valence electrons. The van der Waals surface area contributed by atoms with Gasteiger partial charge in [0.15, 0.2) is 5.11 Å². The molecule has 1 N–H and O–H groups in total. The molecule has 6 heteroatoms. The van der Waals surface area contributed by atoms with Crippen molar-refractivity contribution in [2.45, 2.75) is 19.5 Å².